The lowest BCUT2D eigenvalue weighted by atomic mass is 10.1. The predicted molar refractivity (Wildman–Crippen MR) is 141 cm³/mol. The van der Waals surface area contributed by atoms with Gasteiger partial charge in [0, 0.05) is 19.8 Å². The fraction of sp³-hybridized carbons (Fsp3) is 0.417. The summed E-state index contributed by atoms with van der Waals surface area (Å²) in [5, 5.41) is 20.9. The average molecular weight is 540 g/mol. The van der Waals surface area contributed by atoms with Crippen LogP contribution >= 0.6 is 11.6 Å². The van der Waals surface area contributed by atoms with Crippen LogP contribution in [0.15, 0.2) is 35.1 Å². The summed E-state index contributed by atoms with van der Waals surface area (Å²) in [4.78, 5) is 50.1. The molecule has 2 amide bonds. The molecule has 1 aliphatic rings. The maximum absolute atomic E-state index is 12.0. The van der Waals surface area contributed by atoms with E-state index in [1.165, 1.54) is 19.5 Å². The molecule has 0 radical (unpaired) electrons. The quantitative estimate of drug-likeness (QED) is 0.277. The molecule has 13 heteroatoms. The molecular weight excluding hydrogens is 506 g/mol. The molecule has 1 aromatic heterocycles. The Morgan fingerprint density at radius 2 is 1.76 bits per heavy atom. The third kappa shape index (κ3) is 11.0. The number of amides is 2. The predicted octanol–water partition coefficient (Wildman–Crippen LogP) is 0.839. The summed E-state index contributed by atoms with van der Waals surface area (Å²) in [7, 11) is 2.42. The van der Waals surface area contributed by atoms with Crippen molar-refractivity contribution in [2.75, 3.05) is 58.1 Å². The number of esters is 1. The molecule has 1 saturated heterocycles. The molecule has 0 bridgehead atoms. The number of anilines is 2. The van der Waals surface area contributed by atoms with Gasteiger partial charge in [-0.1, -0.05) is 18.0 Å². The number of aromatic nitrogens is 1. The van der Waals surface area contributed by atoms with Crippen molar-refractivity contribution in [2.24, 2.45) is 0 Å². The molecule has 0 atom stereocenters. The van der Waals surface area contributed by atoms with Crippen molar-refractivity contribution in [1.29, 1.82) is 0 Å². The number of rotatable bonds is 7. The number of carbonyl (C=O) groups is 3. The van der Waals surface area contributed by atoms with E-state index in [-0.39, 0.29) is 35.5 Å². The first-order valence-corrected chi connectivity index (χ1v) is 11.9. The number of nitrogen functional groups attached to an aromatic ring is 1. The summed E-state index contributed by atoms with van der Waals surface area (Å²) >= 11 is 5.61. The number of ether oxygens (including phenoxy) is 1. The van der Waals surface area contributed by atoms with Gasteiger partial charge >= 0.3 is 5.97 Å². The van der Waals surface area contributed by atoms with Crippen LogP contribution in [-0.4, -0.2) is 84.9 Å². The van der Waals surface area contributed by atoms with Gasteiger partial charge in [0.2, 0.25) is 5.91 Å². The maximum Gasteiger partial charge on any atom is 0.338 e. The SMILES string of the molecule is CNC(=O)c1cc(Cl)c(N)[nH]c1=O.CO.O=C(CN1CCCCC1)Nc1ccc(C(=O)OCCO)cc1. The molecule has 0 unspecified atom stereocenters. The van der Waals surface area contributed by atoms with E-state index in [4.69, 9.17) is 32.3 Å². The Kier molecular flexibility index (Phi) is 14.6. The van der Waals surface area contributed by atoms with Crippen LogP contribution in [0.25, 0.3) is 0 Å². The highest BCUT2D eigenvalue weighted by molar-refractivity contribution is 6.33. The van der Waals surface area contributed by atoms with Crippen LogP contribution in [0.4, 0.5) is 11.5 Å². The first kappa shape index (κ1) is 31.6. The van der Waals surface area contributed by atoms with E-state index in [2.05, 4.69) is 20.5 Å². The Morgan fingerprint density at radius 3 is 2.32 bits per heavy atom. The third-order valence-electron chi connectivity index (χ3n) is 5.04. The number of benzene rings is 1. The number of carbonyl (C=O) groups excluding carboxylic acids is 3. The minimum atomic E-state index is -0.554. The minimum absolute atomic E-state index is 0.0207. The van der Waals surface area contributed by atoms with Crippen LogP contribution in [0.2, 0.25) is 5.02 Å². The van der Waals surface area contributed by atoms with Crippen LogP contribution in [0.1, 0.15) is 40.0 Å². The molecular formula is C24H34ClN5O7. The lowest BCUT2D eigenvalue weighted by molar-refractivity contribution is -0.117. The number of nitrogens with two attached hydrogens (primary N) is 1. The second-order valence-corrected chi connectivity index (χ2v) is 8.08. The molecule has 2 heterocycles. The molecule has 0 aliphatic carbocycles. The van der Waals surface area contributed by atoms with Gasteiger partial charge in [-0.3, -0.25) is 19.3 Å². The largest absolute Gasteiger partial charge is 0.460 e. The second-order valence-electron chi connectivity index (χ2n) is 7.67. The van der Waals surface area contributed by atoms with Crippen LogP contribution in [0.5, 0.6) is 0 Å². The fourth-order valence-corrected chi connectivity index (χ4v) is 3.41. The van der Waals surface area contributed by atoms with Gasteiger partial charge in [0.05, 0.1) is 23.7 Å². The molecule has 1 aliphatic heterocycles. The van der Waals surface area contributed by atoms with Gasteiger partial charge in [0.1, 0.15) is 18.0 Å². The first-order chi connectivity index (χ1) is 17.7. The topological polar surface area (TPSA) is 187 Å². The molecule has 0 spiro atoms. The first-order valence-electron chi connectivity index (χ1n) is 11.5. The Bertz CT molecular complexity index is 1070. The standard InChI is InChI=1S/C16H22N2O4.C7H8ClN3O2.CH4O/c19-10-11-22-16(21)13-4-6-14(7-5-13)17-15(20)12-18-8-2-1-3-9-18;1-10-6(12)3-2-4(8)5(9)11-7(3)13;1-2/h4-7,19H,1-3,8-12H2,(H,17,20);2H,1H3,(H,10,12)(H3,9,11,13);2H,1H3. The normalized spacial score (nSPS) is 12.7. The molecule has 1 aromatic carbocycles. The highest BCUT2D eigenvalue weighted by Crippen LogP contribution is 2.14. The molecule has 12 nitrogen and oxygen atoms in total. The molecule has 7 N–H and O–H groups in total. The van der Waals surface area contributed by atoms with Crippen LogP contribution in [0.3, 0.4) is 0 Å². The Hall–Kier alpha value is -3.45. The van der Waals surface area contributed by atoms with E-state index in [0.717, 1.165) is 33.0 Å². The summed E-state index contributed by atoms with van der Waals surface area (Å²) < 4.78 is 4.82. The van der Waals surface area contributed by atoms with Gasteiger partial charge in [0.15, 0.2) is 0 Å². The fourth-order valence-electron chi connectivity index (χ4n) is 3.26. The number of hydrogen-bond acceptors (Lipinski definition) is 9. The van der Waals surface area contributed by atoms with Crippen LogP contribution < -0.4 is 21.9 Å². The highest BCUT2D eigenvalue weighted by Gasteiger charge is 2.14. The van der Waals surface area contributed by atoms with E-state index in [0.29, 0.717) is 17.8 Å². The number of aliphatic hydroxyl groups is 2. The van der Waals surface area contributed by atoms with Crippen molar-refractivity contribution in [3.05, 3.63) is 56.8 Å². The van der Waals surface area contributed by atoms with Crippen molar-refractivity contribution in [2.45, 2.75) is 19.3 Å². The number of piperidine rings is 1. The Labute approximate surface area is 219 Å². The summed E-state index contributed by atoms with van der Waals surface area (Å²) in [6.07, 6.45) is 3.54. The van der Waals surface area contributed by atoms with Crippen molar-refractivity contribution in [3.8, 4) is 0 Å². The number of hydrogen-bond donors (Lipinski definition) is 6. The van der Waals surface area contributed by atoms with Crippen molar-refractivity contribution < 1.29 is 29.3 Å². The zero-order chi connectivity index (χ0) is 27.8. The van der Waals surface area contributed by atoms with Crippen LogP contribution in [-0.2, 0) is 9.53 Å². The van der Waals surface area contributed by atoms with Crippen molar-refractivity contribution in [1.82, 2.24) is 15.2 Å². The second kappa shape index (κ2) is 17.1. The van der Waals surface area contributed by atoms with Gasteiger partial charge in [0.25, 0.3) is 11.5 Å². The zero-order valence-electron chi connectivity index (χ0n) is 20.9. The molecule has 2 aromatic rings. The van der Waals surface area contributed by atoms with E-state index < -0.39 is 17.4 Å². The summed E-state index contributed by atoms with van der Waals surface area (Å²) in [6.45, 7) is 2.13. The minimum Gasteiger partial charge on any atom is -0.460 e. The van der Waals surface area contributed by atoms with E-state index >= 15 is 0 Å². The van der Waals surface area contributed by atoms with Crippen LogP contribution in [0, 0.1) is 0 Å². The monoisotopic (exact) mass is 539 g/mol. The number of aliphatic hydroxyl groups excluding tert-OH is 2. The number of halogens is 1. The zero-order valence-corrected chi connectivity index (χ0v) is 21.6. The molecule has 3 rings (SSSR count). The van der Waals surface area contributed by atoms with E-state index in [1.54, 1.807) is 24.3 Å². The number of likely N-dealkylation sites (tertiary alicyclic amines) is 1. The highest BCUT2D eigenvalue weighted by atomic mass is 35.5. The van der Waals surface area contributed by atoms with Gasteiger partial charge in [-0.05, 0) is 56.3 Å². The number of nitrogens with one attached hydrogen (secondary N) is 3. The maximum atomic E-state index is 12.0. The van der Waals surface area contributed by atoms with E-state index in [1.807, 2.05) is 0 Å². The van der Waals surface area contributed by atoms with Gasteiger partial charge in [-0.2, -0.15) is 0 Å². The number of aromatic amines is 1. The molecule has 0 saturated carbocycles. The molecule has 37 heavy (non-hydrogen) atoms. The number of pyridine rings is 1. The molecule has 204 valence electrons. The van der Waals surface area contributed by atoms with Gasteiger partial charge in [-0.15, -0.1) is 0 Å². The summed E-state index contributed by atoms with van der Waals surface area (Å²) in [5.41, 5.74) is 5.75. The average Bonchev–Trinajstić information content (AvgIpc) is 2.91. The van der Waals surface area contributed by atoms with Crippen molar-refractivity contribution in [3.63, 3.8) is 0 Å². The molecule has 1 fully saturated rings. The van der Waals surface area contributed by atoms with Gasteiger partial charge in [-0.25, -0.2) is 4.79 Å². The lowest BCUT2D eigenvalue weighted by Crippen LogP contribution is -2.36. The smallest absolute Gasteiger partial charge is 0.338 e. The van der Waals surface area contributed by atoms with Crippen molar-refractivity contribution >= 4 is 40.9 Å². The Balaban J connectivity index is 0.000000389. The Morgan fingerprint density at radius 1 is 1.14 bits per heavy atom. The van der Waals surface area contributed by atoms with Gasteiger partial charge < -0.3 is 36.3 Å². The third-order valence-corrected chi connectivity index (χ3v) is 5.35. The number of nitrogens with zero attached hydrogens (tertiary/aromatic N) is 1. The van der Waals surface area contributed by atoms with E-state index in [9.17, 15) is 19.2 Å². The number of H-pyrrole nitrogens is 1. The summed E-state index contributed by atoms with van der Waals surface area (Å²) in [6, 6.07) is 7.76. The summed E-state index contributed by atoms with van der Waals surface area (Å²) in [5.74, 6) is -0.972. The lowest BCUT2D eigenvalue weighted by Gasteiger charge is -2.25.